The molecule has 5 nitrogen and oxygen atoms in total. The fourth-order valence-corrected chi connectivity index (χ4v) is 4.16. The Morgan fingerprint density at radius 3 is 2.55 bits per heavy atom. The van der Waals surface area contributed by atoms with Crippen LogP contribution in [0.15, 0.2) is 24.3 Å². The molecule has 1 saturated heterocycles. The zero-order chi connectivity index (χ0) is 14.8. The summed E-state index contributed by atoms with van der Waals surface area (Å²) in [7, 11) is -3.41. The van der Waals surface area contributed by atoms with Gasteiger partial charge in [-0.2, -0.15) is 5.26 Å². The maximum absolute atomic E-state index is 12.3. The highest BCUT2D eigenvalue weighted by molar-refractivity contribution is 7.90. The predicted octanol–water partition coefficient (Wildman–Crippen LogP) is 1.72. The van der Waals surface area contributed by atoms with Crippen LogP contribution in [0.4, 0.5) is 0 Å². The van der Waals surface area contributed by atoms with Gasteiger partial charge < -0.3 is 4.74 Å². The van der Waals surface area contributed by atoms with Crippen LogP contribution in [0, 0.1) is 11.3 Å². The number of nitrogens with zero attached hydrogens (tertiary/aromatic N) is 1. The Hall–Kier alpha value is -1.42. The highest BCUT2D eigenvalue weighted by Crippen LogP contribution is 2.22. The van der Waals surface area contributed by atoms with E-state index in [1.54, 1.807) is 38.1 Å². The molecule has 3 atom stereocenters. The average Bonchev–Trinajstić information content (AvgIpc) is 2.85. The van der Waals surface area contributed by atoms with Crippen LogP contribution in [-0.2, 0) is 14.8 Å². The topological polar surface area (TPSA) is 79.2 Å². The SMILES string of the molecule is CC(NS(=O)(=O)C1CCOC1C)c1ccc(C#N)cc1. The summed E-state index contributed by atoms with van der Waals surface area (Å²) in [6.45, 7) is 4.06. The van der Waals surface area contributed by atoms with Crippen LogP contribution in [0.3, 0.4) is 0 Å². The van der Waals surface area contributed by atoms with Gasteiger partial charge in [-0.3, -0.25) is 0 Å². The van der Waals surface area contributed by atoms with Gasteiger partial charge in [-0.25, -0.2) is 13.1 Å². The predicted molar refractivity (Wildman–Crippen MR) is 75.4 cm³/mol. The van der Waals surface area contributed by atoms with E-state index in [-0.39, 0.29) is 12.1 Å². The summed E-state index contributed by atoms with van der Waals surface area (Å²) in [5.74, 6) is 0. The maximum Gasteiger partial charge on any atom is 0.217 e. The van der Waals surface area contributed by atoms with E-state index in [4.69, 9.17) is 10.00 Å². The Balaban J connectivity index is 2.10. The monoisotopic (exact) mass is 294 g/mol. The molecule has 1 heterocycles. The lowest BCUT2D eigenvalue weighted by Crippen LogP contribution is -2.39. The van der Waals surface area contributed by atoms with E-state index in [9.17, 15) is 8.42 Å². The summed E-state index contributed by atoms with van der Waals surface area (Å²) < 4.78 is 32.6. The molecule has 0 saturated carbocycles. The van der Waals surface area contributed by atoms with Crippen LogP contribution >= 0.6 is 0 Å². The Bertz CT molecular complexity index is 604. The van der Waals surface area contributed by atoms with Crippen LogP contribution in [0.2, 0.25) is 0 Å². The number of nitrogens with one attached hydrogen (secondary N) is 1. The zero-order valence-corrected chi connectivity index (χ0v) is 12.4. The number of nitriles is 1. The third kappa shape index (κ3) is 3.18. The molecular weight excluding hydrogens is 276 g/mol. The number of ether oxygens (including phenoxy) is 1. The molecule has 0 amide bonds. The summed E-state index contributed by atoms with van der Waals surface area (Å²) in [5, 5.41) is 8.25. The summed E-state index contributed by atoms with van der Waals surface area (Å²) in [5.41, 5.74) is 1.39. The van der Waals surface area contributed by atoms with Crippen molar-refractivity contribution >= 4 is 10.0 Å². The molecule has 1 aliphatic heterocycles. The first-order valence-corrected chi connectivity index (χ1v) is 8.11. The molecule has 20 heavy (non-hydrogen) atoms. The molecule has 0 bridgehead atoms. The molecule has 0 aromatic heterocycles. The van der Waals surface area contributed by atoms with E-state index in [2.05, 4.69) is 4.72 Å². The van der Waals surface area contributed by atoms with Crippen molar-refractivity contribution in [1.29, 1.82) is 5.26 Å². The molecule has 3 unspecified atom stereocenters. The van der Waals surface area contributed by atoms with Gasteiger partial charge in [0, 0.05) is 12.6 Å². The minimum Gasteiger partial charge on any atom is -0.377 e. The molecule has 1 aliphatic rings. The average molecular weight is 294 g/mol. The van der Waals surface area contributed by atoms with E-state index < -0.39 is 15.3 Å². The van der Waals surface area contributed by atoms with E-state index in [0.717, 1.165) is 5.56 Å². The first kappa shape index (κ1) is 15.0. The summed E-state index contributed by atoms with van der Waals surface area (Å²) in [4.78, 5) is 0. The molecule has 1 aromatic carbocycles. The van der Waals surface area contributed by atoms with Crippen LogP contribution in [0.25, 0.3) is 0 Å². The van der Waals surface area contributed by atoms with Crippen LogP contribution < -0.4 is 4.72 Å². The summed E-state index contributed by atoms with van der Waals surface area (Å²) in [6.07, 6.45) is 0.247. The van der Waals surface area contributed by atoms with Gasteiger partial charge in [-0.15, -0.1) is 0 Å². The van der Waals surface area contributed by atoms with Crippen molar-refractivity contribution in [3.8, 4) is 6.07 Å². The van der Waals surface area contributed by atoms with Crippen LogP contribution in [-0.4, -0.2) is 26.4 Å². The molecule has 1 aromatic rings. The van der Waals surface area contributed by atoms with Crippen LogP contribution in [0.5, 0.6) is 0 Å². The lowest BCUT2D eigenvalue weighted by molar-refractivity contribution is 0.126. The minimum absolute atomic E-state index is 0.277. The van der Waals surface area contributed by atoms with Gasteiger partial charge in [0.25, 0.3) is 0 Å². The lowest BCUT2D eigenvalue weighted by atomic mass is 10.1. The second-order valence-corrected chi connectivity index (χ2v) is 6.95. The number of rotatable bonds is 4. The number of hydrogen-bond donors (Lipinski definition) is 1. The number of benzene rings is 1. The number of sulfonamides is 1. The first-order chi connectivity index (χ1) is 9.44. The van der Waals surface area contributed by atoms with Crippen molar-refractivity contribution in [2.24, 2.45) is 0 Å². The van der Waals surface area contributed by atoms with Crippen molar-refractivity contribution in [3.05, 3.63) is 35.4 Å². The van der Waals surface area contributed by atoms with Gasteiger partial charge >= 0.3 is 0 Å². The molecule has 2 rings (SSSR count). The molecule has 0 spiro atoms. The second kappa shape index (κ2) is 5.92. The van der Waals surface area contributed by atoms with Gasteiger partial charge in [0.05, 0.1) is 17.7 Å². The summed E-state index contributed by atoms with van der Waals surface area (Å²) >= 11 is 0. The van der Waals surface area contributed by atoms with Gasteiger partial charge in [-0.05, 0) is 38.0 Å². The van der Waals surface area contributed by atoms with E-state index in [1.807, 2.05) is 6.07 Å². The van der Waals surface area contributed by atoms with Gasteiger partial charge in [0.15, 0.2) is 0 Å². The second-order valence-electron chi connectivity index (χ2n) is 5.02. The largest absolute Gasteiger partial charge is 0.377 e. The van der Waals surface area contributed by atoms with Gasteiger partial charge in [-0.1, -0.05) is 12.1 Å². The molecule has 1 fully saturated rings. The molecule has 0 radical (unpaired) electrons. The lowest BCUT2D eigenvalue weighted by Gasteiger charge is -2.20. The van der Waals surface area contributed by atoms with Gasteiger partial charge in [0.2, 0.25) is 10.0 Å². The zero-order valence-electron chi connectivity index (χ0n) is 11.5. The quantitative estimate of drug-likeness (QED) is 0.917. The van der Waals surface area contributed by atoms with Crippen molar-refractivity contribution in [2.45, 2.75) is 37.7 Å². The Morgan fingerprint density at radius 1 is 1.40 bits per heavy atom. The Labute approximate surface area is 119 Å². The molecule has 108 valence electrons. The fourth-order valence-electron chi connectivity index (χ4n) is 2.37. The number of hydrogen-bond acceptors (Lipinski definition) is 4. The molecule has 1 N–H and O–H groups in total. The smallest absolute Gasteiger partial charge is 0.217 e. The third-order valence-corrected chi connectivity index (χ3v) is 5.68. The van der Waals surface area contributed by atoms with Crippen LogP contribution in [0.1, 0.15) is 37.4 Å². The normalized spacial score (nSPS) is 24.2. The molecule has 0 aliphatic carbocycles. The fraction of sp³-hybridized carbons (Fsp3) is 0.500. The Morgan fingerprint density at radius 2 is 2.05 bits per heavy atom. The molecular formula is C14H18N2O3S. The van der Waals surface area contributed by atoms with E-state index >= 15 is 0 Å². The van der Waals surface area contributed by atoms with Crippen molar-refractivity contribution < 1.29 is 13.2 Å². The Kier molecular flexibility index (Phi) is 4.43. The van der Waals surface area contributed by atoms with Crippen molar-refractivity contribution in [1.82, 2.24) is 4.72 Å². The summed E-state index contributed by atoms with van der Waals surface area (Å²) in [6, 6.07) is 8.60. The van der Waals surface area contributed by atoms with Gasteiger partial charge in [0.1, 0.15) is 5.25 Å². The van der Waals surface area contributed by atoms with Crippen molar-refractivity contribution in [3.63, 3.8) is 0 Å². The van der Waals surface area contributed by atoms with Crippen molar-refractivity contribution in [2.75, 3.05) is 6.61 Å². The van der Waals surface area contributed by atoms with E-state index in [0.29, 0.717) is 18.6 Å². The molecule has 6 heteroatoms. The highest BCUT2D eigenvalue weighted by Gasteiger charge is 2.36. The minimum atomic E-state index is -3.41. The standard InChI is InChI=1S/C14H18N2O3S/c1-10(13-5-3-12(9-15)4-6-13)16-20(17,18)14-7-8-19-11(14)2/h3-6,10-11,14,16H,7-8H2,1-2H3. The maximum atomic E-state index is 12.3. The first-order valence-electron chi connectivity index (χ1n) is 6.57. The van der Waals surface area contributed by atoms with E-state index in [1.165, 1.54) is 0 Å². The highest BCUT2D eigenvalue weighted by atomic mass is 32.2. The third-order valence-electron chi connectivity index (χ3n) is 3.59.